The maximum absolute atomic E-state index is 4.00. The maximum Gasteiger partial charge on any atom is 0.0360 e. The van der Waals surface area contributed by atoms with Crippen molar-refractivity contribution in [2.24, 2.45) is 0 Å². The Morgan fingerprint density at radius 2 is 1.45 bits per heavy atom. The van der Waals surface area contributed by atoms with Crippen LogP contribution in [0.3, 0.4) is 0 Å². The van der Waals surface area contributed by atoms with Gasteiger partial charge in [0.1, 0.15) is 0 Å². The Morgan fingerprint density at radius 3 is 1.73 bits per heavy atom. The van der Waals surface area contributed by atoms with Crippen LogP contribution in [0.25, 0.3) is 0 Å². The molecule has 0 aliphatic heterocycles. The fraction of sp³-hybridized carbons (Fsp3) is 0.200. The number of rotatable bonds is 1. The highest BCUT2D eigenvalue weighted by Gasteiger charge is 1.87. The molecule has 1 heteroatoms. The standard InChI is InChI=1S/C8H11N.C2H2/c1-9(2)8-6-4-3-5-7-8;1-2/h3-7H,1-2H3;1-2H. The number of para-hydroxylation sites is 1. The van der Waals surface area contributed by atoms with Crippen LogP contribution in [-0.2, 0) is 0 Å². The van der Waals surface area contributed by atoms with Gasteiger partial charge in [0.05, 0.1) is 0 Å². The Kier molecular flexibility index (Phi) is 4.68. The van der Waals surface area contributed by atoms with Gasteiger partial charge in [0.15, 0.2) is 0 Å². The number of hydrogen-bond acceptors (Lipinski definition) is 1. The molecule has 1 rings (SSSR count). The van der Waals surface area contributed by atoms with E-state index in [0.717, 1.165) is 0 Å². The molecule has 0 unspecified atom stereocenters. The quantitative estimate of drug-likeness (QED) is 0.549. The molecule has 11 heavy (non-hydrogen) atoms. The van der Waals surface area contributed by atoms with Crippen molar-refractivity contribution in [2.45, 2.75) is 0 Å². The Labute approximate surface area is 68.7 Å². The van der Waals surface area contributed by atoms with E-state index in [1.165, 1.54) is 5.69 Å². The molecular formula is C10H13N. The molecule has 0 atom stereocenters. The van der Waals surface area contributed by atoms with Crippen molar-refractivity contribution in [3.05, 3.63) is 30.3 Å². The van der Waals surface area contributed by atoms with Crippen LogP contribution in [0.15, 0.2) is 30.3 Å². The molecule has 0 fully saturated rings. The Hall–Kier alpha value is -1.42. The molecule has 1 nitrogen and oxygen atoms in total. The van der Waals surface area contributed by atoms with Gasteiger partial charge in [-0.25, -0.2) is 0 Å². The first-order valence-electron chi connectivity index (χ1n) is 3.36. The molecule has 0 saturated carbocycles. The molecule has 0 radical (unpaired) electrons. The Balaban J connectivity index is 0.000000461. The average Bonchev–Trinajstić information content (AvgIpc) is 2.10. The van der Waals surface area contributed by atoms with E-state index in [2.05, 4.69) is 29.9 Å². The summed E-state index contributed by atoms with van der Waals surface area (Å²) in [4.78, 5) is 2.08. The van der Waals surface area contributed by atoms with Crippen molar-refractivity contribution in [1.82, 2.24) is 0 Å². The minimum atomic E-state index is 1.25. The van der Waals surface area contributed by atoms with Gasteiger partial charge < -0.3 is 4.90 Å². The molecule has 0 amide bonds. The molecule has 0 heterocycles. The topological polar surface area (TPSA) is 3.24 Å². The molecule has 0 aliphatic carbocycles. The minimum absolute atomic E-state index is 1.25. The highest BCUT2D eigenvalue weighted by atomic mass is 15.1. The molecule has 0 spiro atoms. The lowest BCUT2D eigenvalue weighted by Gasteiger charge is -2.10. The van der Waals surface area contributed by atoms with Gasteiger partial charge in [0.2, 0.25) is 0 Å². The van der Waals surface area contributed by atoms with Gasteiger partial charge in [0, 0.05) is 19.8 Å². The van der Waals surface area contributed by atoms with Crippen LogP contribution in [0.2, 0.25) is 0 Å². The van der Waals surface area contributed by atoms with Crippen LogP contribution in [0.4, 0.5) is 5.69 Å². The van der Waals surface area contributed by atoms with E-state index in [0.29, 0.717) is 0 Å². The van der Waals surface area contributed by atoms with Gasteiger partial charge in [-0.3, -0.25) is 0 Å². The van der Waals surface area contributed by atoms with Gasteiger partial charge in [0.25, 0.3) is 0 Å². The van der Waals surface area contributed by atoms with Crippen molar-refractivity contribution in [1.29, 1.82) is 0 Å². The lowest BCUT2D eigenvalue weighted by atomic mass is 10.3. The van der Waals surface area contributed by atoms with E-state index in [1.807, 2.05) is 32.3 Å². The van der Waals surface area contributed by atoms with E-state index in [1.54, 1.807) is 0 Å². The number of terminal acetylenes is 1. The van der Waals surface area contributed by atoms with Crippen LogP contribution < -0.4 is 4.90 Å². The van der Waals surface area contributed by atoms with E-state index >= 15 is 0 Å². The zero-order chi connectivity index (χ0) is 8.69. The maximum atomic E-state index is 4.00. The second kappa shape index (κ2) is 5.37. The summed E-state index contributed by atoms with van der Waals surface area (Å²) in [5.41, 5.74) is 1.25. The first-order valence-corrected chi connectivity index (χ1v) is 3.36. The van der Waals surface area contributed by atoms with Crippen LogP contribution in [0.1, 0.15) is 0 Å². The molecule has 0 N–H and O–H groups in total. The largest absolute Gasteiger partial charge is 0.378 e. The molecule has 58 valence electrons. The zero-order valence-electron chi connectivity index (χ0n) is 6.99. The zero-order valence-corrected chi connectivity index (χ0v) is 6.99. The summed E-state index contributed by atoms with van der Waals surface area (Å²) in [6.45, 7) is 0. The molecule has 0 aliphatic rings. The predicted octanol–water partition coefficient (Wildman–Crippen LogP) is 2.00. The number of hydrogen-bond donors (Lipinski definition) is 0. The Morgan fingerprint density at radius 1 is 1.00 bits per heavy atom. The SMILES string of the molecule is C#C.CN(C)c1ccccc1. The second-order valence-corrected chi connectivity index (χ2v) is 2.23. The van der Waals surface area contributed by atoms with Gasteiger partial charge in [-0.05, 0) is 12.1 Å². The summed E-state index contributed by atoms with van der Waals surface area (Å²) in [6.07, 6.45) is 8.00. The normalized spacial score (nSPS) is 7.64. The fourth-order valence-corrected chi connectivity index (χ4v) is 0.726. The molecular weight excluding hydrogens is 134 g/mol. The smallest absolute Gasteiger partial charge is 0.0360 e. The van der Waals surface area contributed by atoms with E-state index in [9.17, 15) is 0 Å². The minimum Gasteiger partial charge on any atom is -0.378 e. The third-order valence-corrected chi connectivity index (χ3v) is 1.27. The monoisotopic (exact) mass is 147 g/mol. The summed E-state index contributed by atoms with van der Waals surface area (Å²) >= 11 is 0. The van der Waals surface area contributed by atoms with Crippen LogP contribution >= 0.6 is 0 Å². The predicted molar refractivity (Wildman–Crippen MR) is 50.7 cm³/mol. The van der Waals surface area contributed by atoms with Crippen LogP contribution in [-0.4, -0.2) is 14.1 Å². The van der Waals surface area contributed by atoms with E-state index < -0.39 is 0 Å². The van der Waals surface area contributed by atoms with Gasteiger partial charge in [-0.2, -0.15) is 0 Å². The first kappa shape index (κ1) is 9.58. The summed E-state index contributed by atoms with van der Waals surface area (Å²) in [5, 5.41) is 0. The lowest BCUT2D eigenvalue weighted by Crippen LogP contribution is -2.07. The van der Waals surface area contributed by atoms with Crippen molar-refractivity contribution in [3.63, 3.8) is 0 Å². The summed E-state index contributed by atoms with van der Waals surface area (Å²) in [6, 6.07) is 10.3. The van der Waals surface area contributed by atoms with Crippen LogP contribution in [0, 0.1) is 12.8 Å². The number of nitrogens with zero attached hydrogens (tertiary/aromatic N) is 1. The molecule has 1 aromatic rings. The third kappa shape index (κ3) is 3.32. The summed E-state index contributed by atoms with van der Waals surface area (Å²) < 4.78 is 0. The van der Waals surface area contributed by atoms with Crippen molar-refractivity contribution >= 4 is 5.69 Å². The van der Waals surface area contributed by atoms with Gasteiger partial charge in [-0.1, -0.05) is 18.2 Å². The fourth-order valence-electron chi connectivity index (χ4n) is 0.726. The third-order valence-electron chi connectivity index (χ3n) is 1.27. The van der Waals surface area contributed by atoms with E-state index in [4.69, 9.17) is 0 Å². The number of anilines is 1. The van der Waals surface area contributed by atoms with E-state index in [-0.39, 0.29) is 0 Å². The van der Waals surface area contributed by atoms with Crippen molar-refractivity contribution < 1.29 is 0 Å². The van der Waals surface area contributed by atoms with Crippen molar-refractivity contribution in [2.75, 3.05) is 19.0 Å². The Bertz CT molecular complexity index is 199. The number of benzene rings is 1. The highest BCUT2D eigenvalue weighted by Crippen LogP contribution is 2.07. The summed E-state index contributed by atoms with van der Waals surface area (Å²) in [5.74, 6) is 0. The molecule has 0 bridgehead atoms. The molecule has 0 aromatic heterocycles. The van der Waals surface area contributed by atoms with Gasteiger partial charge >= 0.3 is 0 Å². The van der Waals surface area contributed by atoms with Crippen LogP contribution in [0.5, 0.6) is 0 Å². The lowest BCUT2D eigenvalue weighted by molar-refractivity contribution is 1.13. The molecule has 1 aromatic carbocycles. The van der Waals surface area contributed by atoms with Crippen molar-refractivity contribution in [3.8, 4) is 12.8 Å². The average molecular weight is 147 g/mol. The van der Waals surface area contributed by atoms with Gasteiger partial charge in [-0.15, -0.1) is 12.8 Å². The second-order valence-electron chi connectivity index (χ2n) is 2.23. The molecule has 0 saturated heterocycles. The first-order chi connectivity index (χ1) is 5.30. The summed E-state index contributed by atoms with van der Waals surface area (Å²) in [7, 11) is 4.07. The highest BCUT2D eigenvalue weighted by molar-refractivity contribution is 5.43.